The van der Waals surface area contributed by atoms with E-state index in [1.165, 1.54) is 0 Å². The molecule has 0 saturated carbocycles. The molecule has 0 aromatic rings. The average Bonchev–Trinajstić information content (AvgIpc) is 2.00. The number of aliphatic hydroxyl groups excluding tert-OH is 3. The van der Waals surface area contributed by atoms with Crippen LogP contribution in [0.5, 0.6) is 0 Å². The summed E-state index contributed by atoms with van der Waals surface area (Å²) in [7, 11) is 0. The molecule has 12 heavy (non-hydrogen) atoms. The van der Waals surface area contributed by atoms with E-state index in [0.717, 1.165) is 0 Å². The third kappa shape index (κ3) is 1.56. The van der Waals surface area contributed by atoms with Gasteiger partial charge in [-0.15, -0.1) is 0 Å². The van der Waals surface area contributed by atoms with E-state index < -0.39 is 30.4 Å². The Balaban J connectivity index is 2.65. The molecule has 1 saturated heterocycles. The topological polar surface area (TPSA) is 110 Å². The van der Waals surface area contributed by atoms with Gasteiger partial charge in [0.05, 0.1) is 12.6 Å². The molecule has 4 atom stereocenters. The molecule has 0 aromatic carbocycles. The van der Waals surface area contributed by atoms with E-state index in [4.69, 9.17) is 15.3 Å². The van der Waals surface area contributed by atoms with Crippen molar-refractivity contribution in [3.05, 3.63) is 0 Å². The number of hydrogen-bond acceptors (Lipinski definition) is 6. The SMILES string of the molecule is O=C([O-])C1OCC(O)[C@@H](O)[C@H]1O. The molecule has 0 spiro atoms. The van der Waals surface area contributed by atoms with Gasteiger partial charge in [0, 0.05) is 0 Å². The van der Waals surface area contributed by atoms with Crippen molar-refractivity contribution in [1.29, 1.82) is 0 Å². The normalized spacial score (nSPS) is 42.6. The second-order valence-corrected chi connectivity index (χ2v) is 2.62. The number of aliphatic carboxylic acids is 1. The maximum atomic E-state index is 10.2. The van der Waals surface area contributed by atoms with Gasteiger partial charge >= 0.3 is 0 Å². The van der Waals surface area contributed by atoms with Crippen LogP contribution in [0, 0.1) is 0 Å². The van der Waals surface area contributed by atoms with Crippen molar-refractivity contribution in [3.63, 3.8) is 0 Å². The van der Waals surface area contributed by atoms with Gasteiger partial charge in [-0.2, -0.15) is 0 Å². The lowest BCUT2D eigenvalue weighted by Crippen LogP contribution is -2.58. The van der Waals surface area contributed by atoms with Gasteiger partial charge in [-0.05, 0) is 0 Å². The van der Waals surface area contributed by atoms with Crippen molar-refractivity contribution in [3.8, 4) is 0 Å². The molecule has 0 radical (unpaired) electrons. The van der Waals surface area contributed by atoms with Crippen LogP contribution in [0.25, 0.3) is 0 Å². The Morgan fingerprint density at radius 2 is 1.92 bits per heavy atom. The summed E-state index contributed by atoms with van der Waals surface area (Å²) < 4.78 is 4.51. The summed E-state index contributed by atoms with van der Waals surface area (Å²) in [6.45, 7) is -0.323. The van der Waals surface area contributed by atoms with E-state index in [-0.39, 0.29) is 6.61 Å². The Hall–Kier alpha value is -0.690. The lowest BCUT2D eigenvalue weighted by atomic mass is 10.0. The summed E-state index contributed by atoms with van der Waals surface area (Å²) >= 11 is 0. The molecule has 70 valence electrons. The van der Waals surface area contributed by atoms with Crippen molar-refractivity contribution in [2.45, 2.75) is 24.4 Å². The summed E-state index contributed by atoms with van der Waals surface area (Å²) in [4.78, 5) is 10.2. The van der Waals surface area contributed by atoms with E-state index in [0.29, 0.717) is 0 Å². The fourth-order valence-corrected chi connectivity index (χ4v) is 1.01. The van der Waals surface area contributed by atoms with Gasteiger partial charge in [0.25, 0.3) is 0 Å². The predicted molar refractivity (Wildman–Crippen MR) is 32.8 cm³/mol. The number of carboxylic acids is 1. The first kappa shape index (κ1) is 9.40. The van der Waals surface area contributed by atoms with Crippen molar-refractivity contribution in [1.82, 2.24) is 0 Å². The van der Waals surface area contributed by atoms with Crippen molar-refractivity contribution >= 4 is 5.97 Å². The minimum atomic E-state index is -1.64. The highest BCUT2D eigenvalue weighted by Crippen LogP contribution is 2.14. The number of carboxylic acid groups (broad SMARTS) is 1. The zero-order valence-electron chi connectivity index (χ0n) is 6.08. The second-order valence-electron chi connectivity index (χ2n) is 2.62. The zero-order chi connectivity index (χ0) is 9.30. The van der Waals surface area contributed by atoms with Gasteiger partial charge in [-0.3, -0.25) is 0 Å². The smallest absolute Gasteiger partial charge is 0.125 e. The van der Waals surface area contributed by atoms with E-state index >= 15 is 0 Å². The van der Waals surface area contributed by atoms with Gasteiger partial charge in [0.15, 0.2) is 0 Å². The van der Waals surface area contributed by atoms with Crippen molar-refractivity contribution < 1.29 is 30.0 Å². The molecule has 0 aromatic heterocycles. The fraction of sp³-hybridized carbons (Fsp3) is 0.833. The highest BCUT2D eigenvalue weighted by Gasteiger charge is 2.37. The Labute approximate surface area is 68.0 Å². The third-order valence-electron chi connectivity index (χ3n) is 1.73. The summed E-state index contributed by atoms with van der Waals surface area (Å²) in [6, 6.07) is 0. The van der Waals surface area contributed by atoms with Crippen LogP contribution in [0.3, 0.4) is 0 Å². The molecule has 0 bridgehead atoms. The van der Waals surface area contributed by atoms with E-state index in [2.05, 4.69) is 4.74 Å². The summed E-state index contributed by atoms with van der Waals surface area (Å²) in [5.41, 5.74) is 0. The number of carbonyl (C=O) groups is 1. The van der Waals surface area contributed by atoms with Gasteiger partial charge < -0.3 is 30.0 Å². The minimum absolute atomic E-state index is 0.323. The first-order valence-electron chi connectivity index (χ1n) is 3.40. The van der Waals surface area contributed by atoms with Crippen LogP contribution in [-0.2, 0) is 9.53 Å². The molecule has 2 unspecified atom stereocenters. The standard InChI is InChI=1S/C6H10O6/c7-2-1-12-5(6(10)11)4(9)3(2)8/h2-5,7-9H,1H2,(H,10,11)/p-1/t2?,3-,4-,5?/m1/s1. The van der Waals surface area contributed by atoms with Crippen LogP contribution >= 0.6 is 0 Å². The predicted octanol–water partition coefficient (Wildman–Crippen LogP) is -3.78. The van der Waals surface area contributed by atoms with Crippen LogP contribution in [0.15, 0.2) is 0 Å². The first-order chi connectivity index (χ1) is 5.54. The van der Waals surface area contributed by atoms with Crippen LogP contribution in [0.2, 0.25) is 0 Å². The monoisotopic (exact) mass is 177 g/mol. The number of ether oxygens (including phenoxy) is 1. The Morgan fingerprint density at radius 1 is 1.33 bits per heavy atom. The lowest BCUT2D eigenvalue weighted by molar-refractivity contribution is -0.327. The van der Waals surface area contributed by atoms with Gasteiger partial charge in [0.2, 0.25) is 0 Å². The molecule has 1 heterocycles. The number of aliphatic hydroxyl groups is 3. The third-order valence-corrected chi connectivity index (χ3v) is 1.73. The van der Waals surface area contributed by atoms with Crippen LogP contribution in [0.4, 0.5) is 0 Å². The lowest BCUT2D eigenvalue weighted by Gasteiger charge is -2.35. The van der Waals surface area contributed by atoms with E-state index in [1.54, 1.807) is 0 Å². The van der Waals surface area contributed by atoms with Crippen LogP contribution < -0.4 is 5.11 Å². The number of carbonyl (C=O) groups excluding carboxylic acids is 1. The fourth-order valence-electron chi connectivity index (χ4n) is 1.01. The molecule has 6 nitrogen and oxygen atoms in total. The highest BCUT2D eigenvalue weighted by molar-refractivity contribution is 5.71. The molecule has 1 fully saturated rings. The van der Waals surface area contributed by atoms with Crippen molar-refractivity contribution in [2.75, 3.05) is 6.61 Å². The number of rotatable bonds is 1. The summed E-state index contributed by atoms with van der Waals surface area (Å²) in [5, 5.41) is 37.1. The molecule has 1 aliphatic rings. The molecule has 3 N–H and O–H groups in total. The van der Waals surface area contributed by atoms with Gasteiger partial charge in [-0.1, -0.05) is 0 Å². The molecule has 0 amide bonds. The number of hydrogen-bond donors (Lipinski definition) is 3. The first-order valence-corrected chi connectivity index (χ1v) is 3.40. The van der Waals surface area contributed by atoms with E-state index in [1.807, 2.05) is 0 Å². The molecule has 1 rings (SSSR count). The Kier molecular flexibility index (Phi) is 2.63. The van der Waals surface area contributed by atoms with Crippen LogP contribution in [-0.4, -0.2) is 52.3 Å². The largest absolute Gasteiger partial charge is 0.547 e. The van der Waals surface area contributed by atoms with E-state index in [9.17, 15) is 9.90 Å². The second kappa shape index (κ2) is 3.36. The zero-order valence-corrected chi connectivity index (χ0v) is 6.08. The summed E-state index contributed by atoms with van der Waals surface area (Å²) in [6.07, 6.45) is -5.96. The Bertz CT molecular complexity index is 181. The Morgan fingerprint density at radius 3 is 2.42 bits per heavy atom. The maximum absolute atomic E-state index is 10.2. The minimum Gasteiger partial charge on any atom is -0.547 e. The maximum Gasteiger partial charge on any atom is 0.125 e. The van der Waals surface area contributed by atoms with Gasteiger partial charge in [-0.25, -0.2) is 0 Å². The highest BCUT2D eigenvalue weighted by atomic mass is 16.5. The molecule has 6 heteroatoms. The molecule has 1 aliphatic heterocycles. The quantitative estimate of drug-likeness (QED) is 0.379. The van der Waals surface area contributed by atoms with Crippen molar-refractivity contribution in [2.24, 2.45) is 0 Å². The molecule has 0 aliphatic carbocycles. The molecular weight excluding hydrogens is 168 g/mol. The average molecular weight is 177 g/mol. The molecular formula is C6H9O6-. The summed E-state index contributed by atoms with van der Waals surface area (Å²) in [5.74, 6) is -1.60. The van der Waals surface area contributed by atoms with Crippen LogP contribution in [0.1, 0.15) is 0 Å². The van der Waals surface area contributed by atoms with Gasteiger partial charge in [0.1, 0.15) is 24.4 Å².